The van der Waals surface area contributed by atoms with Gasteiger partial charge in [0.15, 0.2) is 0 Å². The van der Waals surface area contributed by atoms with Crippen molar-refractivity contribution in [2.24, 2.45) is 5.92 Å². The molecule has 8 heteroatoms. The van der Waals surface area contributed by atoms with Crippen LogP contribution in [0.5, 0.6) is 0 Å². The Morgan fingerprint density at radius 3 is 2.72 bits per heavy atom. The SMILES string of the molecule is CC1CCCC(NS(=O)(=O)c2nnc(N)s2)CC1. The smallest absolute Gasteiger partial charge is 0.270 e. The number of nitrogens with two attached hydrogens (primary N) is 1. The lowest BCUT2D eigenvalue weighted by molar-refractivity contribution is 0.484. The molecule has 0 aromatic carbocycles. The van der Waals surface area contributed by atoms with E-state index < -0.39 is 10.0 Å². The average Bonchev–Trinajstić information content (AvgIpc) is 2.63. The summed E-state index contributed by atoms with van der Waals surface area (Å²) in [6.07, 6.45) is 5.06. The molecule has 0 bridgehead atoms. The Labute approximate surface area is 111 Å². The second-order valence-electron chi connectivity index (χ2n) is 4.84. The lowest BCUT2D eigenvalue weighted by Gasteiger charge is -2.14. The summed E-state index contributed by atoms with van der Waals surface area (Å²) in [5.74, 6) is 0.677. The monoisotopic (exact) mass is 290 g/mol. The summed E-state index contributed by atoms with van der Waals surface area (Å²) < 4.78 is 26.8. The minimum atomic E-state index is -3.56. The molecule has 0 saturated heterocycles. The van der Waals surface area contributed by atoms with Crippen molar-refractivity contribution in [2.75, 3.05) is 5.73 Å². The van der Waals surface area contributed by atoms with Gasteiger partial charge in [-0.2, -0.15) is 0 Å². The van der Waals surface area contributed by atoms with Crippen LogP contribution in [0.3, 0.4) is 0 Å². The van der Waals surface area contributed by atoms with Crippen LogP contribution in [0.2, 0.25) is 0 Å². The molecule has 1 aliphatic rings. The Bertz CT molecular complexity index is 500. The molecule has 1 aromatic rings. The van der Waals surface area contributed by atoms with Crippen LogP contribution in [0.25, 0.3) is 0 Å². The summed E-state index contributed by atoms with van der Waals surface area (Å²) in [6, 6.07) is 0.00470. The number of hydrogen-bond acceptors (Lipinski definition) is 6. The molecule has 1 heterocycles. The Morgan fingerprint density at radius 2 is 2.06 bits per heavy atom. The number of anilines is 1. The third kappa shape index (κ3) is 3.39. The number of rotatable bonds is 3. The van der Waals surface area contributed by atoms with E-state index in [0.717, 1.165) is 37.0 Å². The largest absolute Gasteiger partial charge is 0.374 e. The second kappa shape index (κ2) is 5.50. The van der Waals surface area contributed by atoms with Gasteiger partial charge in [0.25, 0.3) is 10.0 Å². The molecule has 2 rings (SSSR count). The highest BCUT2D eigenvalue weighted by molar-refractivity contribution is 7.91. The van der Waals surface area contributed by atoms with Gasteiger partial charge >= 0.3 is 0 Å². The number of nitrogens with zero attached hydrogens (tertiary/aromatic N) is 2. The number of aromatic nitrogens is 2. The van der Waals surface area contributed by atoms with Gasteiger partial charge in [-0.15, -0.1) is 10.2 Å². The Morgan fingerprint density at radius 1 is 1.28 bits per heavy atom. The molecule has 0 amide bonds. The van der Waals surface area contributed by atoms with Gasteiger partial charge in [0, 0.05) is 6.04 Å². The third-order valence-corrected chi connectivity index (χ3v) is 5.87. The highest BCUT2D eigenvalue weighted by atomic mass is 32.2. The fraction of sp³-hybridized carbons (Fsp3) is 0.800. The lowest BCUT2D eigenvalue weighted by atomic mass is 10.0. The number of nitrogens with one attached hydrogen (secondary N) is 1. The quantitative estimate of drug-likeness (QED) is 0.819. The molecular weight excluding hydrogens is 272 g/mol. The van der Waals surface area contributed by atoms with Crippen LogP contribution in [0.4, 0.5) is 5.13 Å². The zero-order valence-corrected chi connectivity index (χ0v) is 11.9. The predicted molar refractivity (Wildman–Crippen MR) is 70.7 cm³/mol. The molecule has 6 nitrogen and oxygen atoms in total. The van der Waals surface area contributed by atoms with E-state index in [0.29, 0.717) is 5.92 Å². The van der Waals surface area contributed by atoms with E-state index in [9.17, 15) is 8.42 Å². The summed E-state index contributed by atoms with van der Waals surface area (Å²) in [5.41, 5.74) is 5.40. The Balaban J connectivity index is 2.04. The molecule has 1 aliphatic carbocycles. The summed E-state index contributed by atoms with van der Waals surface area (Å²) in [4.78, 5) is 0. The van der Waals surface area contributed by atoms with Crippen molar-refractivity contribution in [3.05, 3.63) is 0 Å². The first-order valence-corrected chi connectivity index (χ1v) is 8.38. The molecule has 3 N–H and O–H groups in total. The zero-order chi connectivity index (χ0) is 13.2. The van der Waals surface area contributed by atoms with Crippen LogP contribution in [0, 0.1) is 5.92 Å². The number of nitrogen functional groups attached to an aromatic ring is 1. The van der Waals surface area contributed by atoms with E-state index in [1.54, 1.807) is 0 Å². The van der Waals surface area contributed by atoms with Crippen molar-refractivity contribution in [2.45, 2.75) is 49.4 Å². The van der Waals surface area contributed by atoms with Crippen molar-refractivity contribution in [3.63, 3.8) is 0 Å². The fourth-order valence-electron chi connectivity index (χ4n) is 2.20. The predicted octanol–water partition coefficient (Wildman–Crippen LogP) is 1.37. The minimum absolute atomic E-state index is 0.00470. The van der Waals surface area contributed by atoms with E-state index in [1.165, 1.54) is 6.42 Å². The van der Waals surface area contributed by atoms with Gasteiger partial charge < -0.3 is 5.73 Å². The molecule has 102 valence electrons. The van der Waals surface area contributed by atoms with E-state index in [2.05, 4.69) is 21.8 Å². The van der Waals surface area contributed by atoms with Crippen molar-refractivity contribution in [1.82, 2.24) is 14.9 Å². The van der Waals surface area contributed by atoms with Gasteiger partial charge in [0.1, 0.15) is 0 Å². The normalized spacial score (nSPS) is 25.8. The standard InChI is InChI=1S/C10H18N4O2S2/c1-7-3-2-4-8(6-5-7)14-18(15,16)10-13-12-9(11)17-10/h7-8,14H,2-6H2,1H3,(H2,11,12). The first-order chi connectivity index (χ1) is 8.47. The molecule has 2 atom stereocenters. The molecule has 1 fully saturated rings. The van der Waals surface area contributed by atoms with Crippen LogP contribution in [-0.4, -0.2) is 24.7 Å². The average molecular weight is 290 g/mol. The van der Waals surface area contributed by atoms with Gasteiger partial charge in [0.05, 0.1) is 0 Å². The lowest BCUT2D eigenvalue weighted by Crippen LogP contribution is -2.34. The molecule has 0 radical (unpaired) electrons. The highest BCUT2D eigenvalue weighted by Gasteiger charge is 2.25. The van der Waals surface area contributed by atoms with Gasteiger partial charge in [-0.05, 0) is 25.2 Å². The molecule has 0 spiro atoms. The molecular formula is C10H18N4O2S2. The number of hydrogen-bond donors (Lipinski definition) is 2. The molecule has 18 heavy (non-hydrogen) atoms. The molecule has 1 saturated carbocycles. The van der Waals surface area contributed by atoms with Gasteiger partial charge in [-0.25, -0.2) is 13.1 Å². The molecule has 0 aliphatic heterocycles. The fourth-order valence-corrected chi connectivity index (χ4v) is 4.31. The Hall–Kier alpha value is -0.730. The van der Waals surface area contributed by atoms with Crippen LogP contribution in [-0.2, 0) is 10.0 Å². The summed E-state index contributed by atoms with van der Waals surface area (Å²) in [7, 11) is -3.56. The topological polar surface area (TPSA) is 98.0 Å². The maximum Gasteiger partial charge on any atom is 0.270 e. The van der Waals surface area contributed by atoms with Crippen molar-refractivity contribution in [3.8, 4) is 0 Å². The Kier molecular flexibility index (Phi) is 4.18. The molecule has 1 aromatic heterocycles. The van der Waals surface area contributed by atoms with E-state index in [1.807, 2.05) is 0 Å². The van der Waals surface area contributed by atoms with Crippen LogP contribution in [0.15, 0.2) is 4.34 Å². The first-order valence-electron chi connectivity index (χ1n) is 6.08. The highest BCUT2D eigenvalue weighted by Crippen LogP contribution is 2.24. The summed E-state index contributed by atoms with van der Waals surface area (Å²) in [5, 5.41) is 7.29. The van der Waals surface area contributed by atoms with Crippen molar-refractivity contribution < 1.29 is 8.42 Å². The zero-order valence-electron chi connectivity index (χ0n) is 10.3. The second-order valence-corrected chi connectivity index (χ2v) is 7.73. The van der Waals surface area contributed by atoms with E-state index in [4.69, 9.17) is 5.73 Å². The molecule has 2 unspecified atom stereocenters. The van der Waals surface area contributed by atoms with Crippen LogP contribution >= 0.6 is 11.3 Å². The maximum atomic E-state index is 12.0. The van der Waals surface area contributed by atoms with E-state index in [-0.39, 0.29) is 15.5 Å². The van der Waals surface area contributed by atoms with Crippen molar-refractivity contribution in [1.29, 1.82) is 0 Å². The van der Waals surface area contributed by atoms with Gasteiger partial charge in [-0.3, -0.25) is 0 Å². The van der Waals surface area contributed by atoms with Crippen LogP contribution < -0.4 is 10.5 Å². The maximum absolute atomic E-state index is 12.0. The van der Waals surface area contributed by atoms with E-state index >= 15 is 0 Å². The van der Waals surface area contributed by atoms with Crippen molar-refractivity contribution >= 4 is 26.5 Å². The summed E-state index contributed by atoms with van der Waals surface area (Å²) >= 11 is 0.894. The van der Waals surface area contributed by atoms with Gasteiger partial charge in [-0.1, -0.05) is 31.1 Å². The number of sulfonamides is 1. The van der Waals surface area contributed by atoms with Crippen LogP contribution in [0.1, 0.15) is 39.0 Å². The van der Waals surface area contributed by atoms with Gasteiger partial charge in [0.2, 0.25) is 9.47 Å². The minimum Gasteiger partial charge on any atom is -0.374 e. The first kappa shape index (κ1) is 13.7. The third-order valence-electron chi connectivity index (χ3n) is 3.23. The summed E-state index contributed by atoms with van der Waals surface area (Å²) in [6.45, 7) is 2.21.